The van der Waals surface area contributed by atoms with Gasteiger partial charge in [-0.1, -0.05) is 0 Å². The predicted molar refractivity (Wildman–Crippen MR) is 66.6 cm³/mol. The van der Waals surface area contributed by atoms with Gasteiger partial charge in [-0.2, -0.15) is 13.2 Å². The molecule has 1 aromatic carbocycles. The molecule has 2 rings (SSSR count). The van der Waals surface area contributed by atoms with Gasteiger partial charge in [-0.3, -0.25) is 4.98 Å². The summed E-state index contributed by atoms with van der Waals surface area (Å²) < 4.78 is 51.4. The smallest absolute Gasteiger partial charge is 0.354 e. The molecule has 1 aromatic heterocycles. The zero-order valence-electron chi connectivity index (χ0n) is 9.30. The number of benzene rings is 1. The van der Waals surface area contributed by atoms with Crippen molar-refractivity contribution in [1.82, 2.24) is 4.98 Å². The van der Waals surface area contributed by atoms with Crippen LogP contribution in [0.3, 0.4) is 0 Å². The number of anilines is 2. The summed E-state index contributed by atoms with van der Waals surface area (Å²) in [7, 11) is 0. The largest absolute Gasteiger partial charge is 0.419 e. The van der Waals surface area contributed by atoms with E-state index in [0.29, 0.717) is 10.2 Å². The van der Waals surface area contributed by atoms with E-state index in [2.05, 4.69) is 26.2 Å². The van der Waals surface area contributed by atoms with Crippen molar-refractivity contribution in [3.05, 3.63) is 52.5 Å². The number of alkyl halides is 3. The average Bonchev–Trinajstić information content (AvgIpc) is 2.30. The summed E-state index contributed by atoms with van der Waals surface area (Å²) in [5, 5.41) is 2.73. The molecule has 2 aromatic rings. The zero-order chi connectivity index (χ0) is 14.0. The molecule has 0 radical (unpaired) electrons. The van der Waals surface area contributed by atoms with Gasteiger partial charge in [-0.25, -0.2) is 4.39 Å². The van der Waals surface area contributed by atoms with Gasteiger partial charge in [0.15, 0.2) is 0 Å². The topological polar surface area (TPSA) is 24.9 Å². The summed E-state index contributed by atoms with van der Waals surface area (Å²) in [4.78, 5) is 3.86. The Hall–Kier alpha value is -1.63. The normalized spacial score (nSPS) is 11.4. The third-order valence-corrected chi connectivity index (χ3v) is 2.70. The monoisotopic (exact) mass is 334 g/mol. The lowest BCUT2D eigenvalue weighted by Gasteiger charge is -2.11. The molecule has 0 saturated heterocycles. The fourth-order valence-electron chi connectivity index (χ4n) is 1.47. The second-order valence-electron chi connectivity index (χ2n) is 3.71. The highest BCUT2D eigenvalue weighted by molar-refractivity contribution is 9.10. The van der Waals surface area contributed by atoms with Crippen molar-refractivity contribution < 1.29 is 17.6 Å². The molecule has 0 spiro atoms. The minimum Gasteiger partial charge on any atom is -0.354 e. The first-order chi connectivity index (χ1) is 8.86. The Morgan fingerprint density at radius 3 is 2.42 bits per heavy atom. The number of halogens is 5. The van der Waals surface area contributed by atoms with Gasteiger partial charge in [0, 0.05) is 16.4 Å². The van der Waals surface area contributed by atoms with E-state index in [0.717, 1.165) is 12.1 Å². The number of hydrogen-bond donors (Lipinski definition) is 1. The first-order valence-corrected chi connectivity index (χ1v) is 5.90. The van der Waals surface area contributed by atoms with Gasteiger partial charge in [0.05, 0.1) is 17.4 Å². The third kappa shape index (κ3) is 3.44. The maximum Gasteiger partial charge on any atom is 0.419 e. The summed E-state index contributed by atoms with van der Waals surface area (Å²) in [6.07, 6.45) is -1.74. The fraction of sp³-hybridized carbons (Fsp3) is 0.0833. The molecule has 0 amide bonds. The van der Waals surface area contributed by atoms with Crippen LogP contribution >= 0.6 is 15.9 Å². The van der Waals surface area contributed by atoms with Gasteiger partial charge in [0.2, 0.25) is 0 Å². The van der Waals surface area contributed by atoms with Crippen molar-refractivity contribution in [3.8, 4) is 0 Å². The van der Waals surface area contributed by atoms with Crippen LogP contribution in [0, 0.1) is 5.82 Å². The van der Waals surface area contributed by atoms with Crippen molar-refractivity contribution in [3.63, 3.8) is 0 Å². The molecule has 1 N–H and O–H groups in total. The molecule has 0 unspecified atom stereocenters. The van der Waals surface area contributed by atoms with E-state index in [1.54, 1.807) is 6.07 Å². The van der Waals surface area contributed by atoms with E-state index in [1.807, 2.05) is 0 Å². The summed E-state index contributed by atoms with van der Waals surface area (Å²) in [6.45, 7) is 0. The number of nitrogens with zero attached hydrogens (tertiary/aromatic N) is 1. The van der Waals surface area contributed by atoms with E-state index in [-0.39, 0.29) is 5.69 Å². The molecule has 2 nitrogen and oxygen atoms in total. The number of aromatic nitrogens is 1. The maximum absolute atomic E-state index is 13.1. The van der Waals surface area contributed by atoms with Crippen LogP contribution in [0.2, 0.25) is 0 Å². The molecular formula is C12H7BrF4N2. The second kappa shape index (κ2) is 5.16. The Balaban J connectivity index is 2.32. The van der Waals surface area contributed by atoms with Crippen LogP contribution in [0.5, 0.6) is 0 Å². The van der Waals surface area contributed by atoms with Gasteiger partial charge in [0.1, 0.15) is 5.82 Å². The maximum atomic E-state index is 13.1. The predicted octanol–water partition coefficient (Wildman–Crippen LogP) is 4.75. The lowest BCUT2D eigenvalue weighted by molar-refractivity contribution is -0.139. The van der Waals surface area contributed by atoms with Crippen LogP contribution in [-0.2, 0) is 6.18 Å². The Morgan fingerprint density at radius 2 is 1.79 bits per heavy atom. The van der Waals surface area contributed by atoms with Gasteiger partial charge < -0.3 is 5.32 Å². The highest BCUT2D eigenvalue weighted by Crippen LogP contribution is 2.33. The molecule has 7 heteroatoms. The van der Waals surface area contributed by atoms with Crippen LogP contribution < -0.4 is 5.32 Å². The minimum absolute atomic E-state index is 0.133. The highest BCUT2D eigenvalue weighted by atomic mass is 79.9. The Kier molecular flexibility index (Phi) is 3.75. The van der Waals surface area contributed by atoms with Crippen molar-refractivity contribution in [1.29, 1.82) is 0 Å². The first kappa shape index (κ1) is 13.8. The Morgan fingerprint density at radius 1 is 1.05 bits per heavy atom. The summed E-state index contributed by atoms with van der Waals surface area (Å²) in [6, 6.07) is 4.36. The van der Waals surface area contributed by atoms with Crippen LogP contribution in [0.25, 0.3) is 0 Å². The molecular weight excluding hydrogens is 328 g/mol. The quantitative estimate of drug-likeness (QED) is 0.802. The Bertz CT molecular complexity index is 599. The standard InChI is InChI=1S/C12H7BrF4N2/c13-7-3-9(6-18-5-7)19-8-1-2-11(14)10(4-8)12(15,16)17/h1-6,19H. The van der Waals surface area contributed by atoms with Crippen LogP contribution in [0.1, 0.15) is 5.56 Å². The van der Waals surface area contributed by atoms with Crippen molar-refractivity contribution in [2.75, 3.05) is 5.32 Å². The molecule has 0 atom stereocenters. The van der Waals surface area contributed by atoms with Crippen molar-refractivity contribution in [2.45, 2.75) is 6.18 Å². The van der Waals surface area contributed by atoms with E-state index in [4.69, 9.17) is 0 Å². The van der Waals surface area contributed by atoms with Crippen LogP contribution in [-0.4, -0.2) is 4.98 Å². The summed E-state index contributed by atoms with van der Waals surface area (Å²) in [5.74, 6) is -1.30. The van der Waals surface area contributed by atoms with Crippen molar-refractivity contribution in [2.24, 2.45) is 0 Å². The van der Waals surface area contributed by atoms with E-state index in [9.17, 15) is 17.6 Å². The molecule has 0 bridgehead atoms. The number of rotatable bonds is 2. The first-order valence-electron chi connectivity index (χ1n) is 5.10. The zero-order valence-corrected chi connectivity index (χ0v) is 10.9. The van der Waals surface area contributed by atoms with E-state index < -0.39 is 17.6 Å². The Labute approximate surface area is 114 Å². The molecule has 19 heavy (non-hydrogen) atoms. The van der Waals surface area contributed by atoms with Gasteiger partial charge in [-0.05, 0) is 40.2 Å². The van der Waals surface area contributed by atoms with E-state index >= 15 is 0 Å². The van der Waals surface area contributed by atoms with Gasteiger partial charge >= 0.3 is 6.18 Å². The second-order valence-corrected chi connectivity index (χ2v) is 4.62. The van der Waals surface area contributed by atoms with Crippen molar-refractivity contribution >= 4 is 27.3 Å². The fourth-order valence-corrected chi connectivity index (χ4v) is 1.83. The highest BCUT2D eigenvalue weighted by Gasteiger charge is 2.34. The van der Waals surface area contributed by atoms with E-state index in [1.165, 1.54) is 18.5 Å². The summed E-state index contributed by atoms with van der Waals surface area (Å²) >= 11 is 3.19. The third-order valence-electron chi connectivity index (χ3n) is 2.27. The lowest BCUT2D eigenvalue weighted by Crippen LogP contribution is -2.08. The van der Waals surface area contributed by atoms with Crippen LogP contribution in [0.4, 0.5) is 28.9 Å². The average molecular weight is 335 g/mol. The van der Waals surface area contributed by atoms with Gasteiger partial charge in [-0.15, -0.1) is 0 Å². The molecule has 0 aliphatic rings. The van der Waals surface area contributed by atoms with Gasteiger partial charge in [0.25, 0.3) is 0 Å². The molecule has 0 aliphatic heterocycles. The number of pyridine rings is 1. The minimum atomic E-state index is -4.72. The molecule has 0 fully saturated rings. The number of hydrogen-bond acceptors (Lipinski definition) is 2. The number of nitrogens with one attached hydrogen (secondary N) is 1. The lowest BCUT2D eigenvalue weighted by atomic mass is 10.1. The molecule has 0 aliphatic carbocycles. The summed E-state index contributed by atoms with van der Waals surface area (Å²) in [5.41, 5.74) is -0.678. The molecule has 0 saturated carbocycles. The molecule has 1 heterocycles. The SMILES string of the molecule is Fc1ccc(Nc2cncc(Br)c2)cc1C(F)(F)F. The molecule has 100 valence electrons. The van der Waals surface area contributed by atoms with Crippen LogP contribution in [0.15, 0.2) is 41.1 Å².